The second-order valence-electron chi connectivity index (χ2n) is 9.56. The number of amidine groups is 1. The van der Waals surface area contributed by atoms with Gasteiger partial charge in [-0.25, -0.2) is 9.97 Å². The van der Waals surface area contributed by atoms with Crippen LogP contribution in [0.3, 0.4) is 0 Å². The fourth-order valence-corrected chi connectivity index (χ4v) is 4.87. The maximum absolute atomic E-state index is 12.7. The molecule has 3 aromatic rings. The summed E-state index contributed by atoms with van der Waals surface area (Å²) in [6, 6.07) is 13.3. The number of para-hydroxylation sites is 1. The molecule has 2 aromatic carbocycles. The second-order valence-corrected chi connectivity index (χ2v) is 10.5. The number of anilines is 3. The summed E-state index contributed by atoms with van der Waals surface area (Å²) in [5.74, 6) is 0.591. The number of ether oxygens (including phenoxy) is 1. The van der Waals surface area contributed by atoms with Crippen molar-refractivity contribution in [3.63, 3.8) is 0 Å². The number of aromatic nitrogens is 2. The molecule has 0 unspecified atom stereocenters. The zero-order chi connectivity index (χ0) is 29.7. The van der Waals surface area contributed by atoms with E-state index in [1.807, 2.05) is 44.2 Å². The Morgan fingerprint density at radius 1 is 1.17 bits per heavy atom. The molecule has 4 rings (SSSR count). The van der Waals surface area contributed by atoms with Crippen LogP contribution in [0.5, 0.6) is 5.75 Å². The van der Waals surface area contributed by atoms with Crippen LogP contribution in [0.2, 0.25) is 0 Å². The van der Waals surface area contributed by atoms with E-state index < -0.39 is 6.36 Å². The van der Waals surface area contributed by atoms with Crippen molar-refractivity contribution in [1.29, 1.82) is 0 Å². The number of hydrogen-bond acceptors (Lipinski definition) is 8. The average molecular weight is 583 g/mol. The van der Waals surface area contributed by atoms with Crippen molar-refractivity contribution in [2.24, 2.45) is 10.2 Å². The Morgan fingerprint density at radius 2 is 1.88 bits per heavy atom. The summed E-state index contributed by atoms with van der Waals surface area (Å²) in [5, 5.41) is 9.09. The highest BCUT2D eigenvalue weighted by Crippen LogP contribution is 2.33. The van der Waals surface area contributed by atoms with E-state index >= 15 is 0 Å². The Morgan fingerprint density at radius 3 is 2.54 bits per heavy atom. The van der Waals surface area contributed by atoms with Crippen LogP contribution in [0.1, 0.15) is 43.5 Å². The molecule has 0 N–H and O–H groups in total. The molecule has 1 aliphatic heterocycles. The lowest BCUT2D eigenvalue weighted by atomic mass is 10.0. The molecule has 1 aromatic heterocycles. The van der Waals surface area contributed by atoms with E-state index in [4.69, 9.17) is 0 Å². The molecule has 2 heterocycles. The molecule has 0 spiro atoms. The molecule has 1 saturated heterocycles. The summed E-state index contributed by atoms with van der Waals surface area (Å²) >= 11 is 1.35. The number of carbonyl (C=O) groups is 1. The van der Waals surface area contributed by atoms with Gasteiger partial charge in [-0.2, -0.15) is 5.10 Å². The molecule has 1 fully saturated rings. The first kappa shape index (κ1) is 29.8. The molecule has 214 valence electrons. The van der Waals surface area contributed by atoms with Gasteiger partial charge in [0.15, 0.2) is 5.17 Å². The molecule has 0 atom stereocenters. The highest BCUT2D eigenvalue weighted by molar-refractivity contribution is 8.15. The Hall–Kier alpha value is -4.19. The van der Waals surface area contributed by atoms with Gasteiger partial charge in [0.25, 0.3) is 0 Å². The van der Waals surface area contributed by atoms with Crippen molar-refractivity contribution in [3.05, 3.63) is 77.1 Å². The van der Waals surface area contributed by atoms with Gasteiger partial charge in [0.2, 0.25) is 11.9 Å². The standard InChI is InChI=1S/C29H29F3N6O2S/c1-18(2)24-8-6-7-9-25(24)38-26(39)17-41-28(38)36-34-15-19(3)14-21-16-33-27(35-20(21)4)37(5)22-10-12-23(13-11-22)40-29(30,31)32/h6-16,18H,17H2,1-5H3/b19-14+,34-15-,36-28-. The topological polar surface area (TPSA) is 83.3 Å². The van der Waals surface area contributed by atoms with E-state index in [0.29, 0.717) is 28.3 Å². The number of nitrogens with zero attached hydrogens (tertiary/aromatic N) is 6. The lowest BCUT2D eigenvalue weighted by molar-refractivity contribution is -0.274. The smallest absolute Gasteiger partial charge is 0.406 e. The number of rotatable bonds is 8. The summed E-state index contributed by atoms with van der Waals surface area (Å²) in [5.41, 5.74) is 4.75. The minimum absolute atomic E-state index is 0.0345. The van der Waals surface area contributed by atoms with Gasteiger partial charge >= 0.3 is 6.36 Å². The molecule has 41 heavy (non-hydrogen) atoms. The van der Waals surface area contributed by atoms with Crippen molar-refractivity contribution < 1.29 is 22.7 Å². The van der Waals surface area contributed by atoms with E-state index in [1.165, 1.54) is 36.0 Å². The summed E-state index contributed by atoms with van der Waals surface area (Å²) < 4.78 is 41.2. The van der Waals surface area contributed by atoms with Gasteiger partial charge in [-0.05, 0) is 67.3 Å². The van der Waals surface area contributed by atoms with E-state index in [2.05, 4.69) is 38.8 Å². The van der Waals surface area contributed by atoms with Gasteiger partial charge in [-0.1, -0.05) is 43.8 Å². The van der Waals surface area contributed by atoms with Gasteiger partial charge in [0, 0.05) is 24.5 Å². The van der Waals surface area contributed by atoms with Crippen molar-refractivity contribution >= 4 is 52.5 Å². The third-order valence-electron chi connectivity index (χ3n) is 6.12. The molecule has 0 bridgehead atoms. The fraction of sp³-hybridized carbons (Fsp3) is 0.276. The molecule has 0 radical (unpaired) electrons. The largest absolute Gasteiger partial charge is 0.573 e. The first-order valence-electron chi connectivity index (χ1n) is 12.7. The predicted molar refractivity (Wildman–Crippen MR) is 158 cm³/mol. The van der Waals surface area contributed by atoms with Gasteiger partial charge in [-0.3, -0.25) is 9.69 Å². The molecular formula is C29H29F3N6O2S. The Bertz CT molecular complexity index is 1500. The van der Waals surface area contributed by atoms with E-state index in [1.54, 1.807) is 29.3 Å². The quantitative estimate of drug-likeness (QED) is 0.208. The van der Waals surface area contributed by atoms with E-state index in [0.717, 1.165) is 22.4 Å². The number of amides is 1. The molecule has 1 aliphatic rings. The summed E-state index contributed by atoms with van der Waals surface area (Å²) in [6.07, 6.45) is 0.383. The molecule has 12 heteroatoms. The third-order valence-corrected chi connectivity index (χ3v) is 7.03. The van der Waals surface area contributed by atoms with Crippen molar-refractivity contribution in [2.75, 3.05) is 22.6 Å². The number of thioether (sulfide) groups is 1. The zero-order valence-corrected chi connectivity index (χ0v) is 24.0. The number of benzene rings is 2. The van der Waals surface area contributed by atoms with Crippen LogP contribution in [0.15, 0.2) is 70.5 Å². The molecule has 1 amide bonds. The van der Waals surface area contributed by atoms with Crippen LogP contribution in [0.4, 0.5) is 30.5 Å². The number of hydrogen-bond donors (Lipinski definition) is 0. The van der Waals surface area contributed by atoms with Crippen molar-refractivity contribution in [1.82, 2.24) is 9.97 Å². The maximum atomic E-state index is 12.7. The van der Waals surface area contributed by atoms with Gasteiger partial charge in [0.05, 0.1) is 23.3 Å². The highest BCUT2D eigenvalue weighted by atomic mass is 32.2. The van der Waals surface area contributed by atoms with Crippen LogP contribution in [-0.4, -0.2) is 46.4 Å². The van der Waals surface area contributed by atoms with Crippen LogP contribution in [0.25, 0.3) is 6.08 Å². The summed E-state index contributed by atoms with van der Waals surface area (Å²) in [6.45, 7) is 7.87. The Labute approximate surface area is 240 Å². The highest BCUT2D eigenvalue weighted by Gasteiger charge is 2.32. The maximum Gasteiger partial charge on any atom is 0.573 e. The van der Waals surface area contributed by atoms with E-state index in [9.17, 15) is 18.0 Å². The number of aryl methyl sites for hydroxylation is 1. The third kappa shape index (κ3) is 7.51. The van der Waals surface area contributed by atoms with Gasteiger partial charge in [-0.15, -0.1) is 18.3 Å². The van der Waals surface area contributed by atoms with Crippen LogP contribution in [-0.2, 0) is 4.79 Å². The first-order chi connectivity index (χ1) is 19.4. The van der Waals surface area contributed by atoms with Crippen LogP contribution in [0, 0.1) is 6.92 Å². The lowest BCUT2D eigenvalue weighted by Crippen LogP contribution is -2.30. The SMILES string of the molecule is CC(/C=N\N=C1/SCC(=O)N1c1ccccc1C(C)C)=C\c1cnc(N(C)c2ccc(OC(F)(F)F)cc2)nc1C. The molecule has 0 aliphatic carbocycles. The Balaban J connectivity index is 1.47. The van der Waals surface area contributed by atoms with Crippen LogP contribution < -0.4 is 14.5 Å². The van der Waals surface area contributed by atoms with Crippen LogP contribution >= 0.6 is 11.8 Å². The Kier molecular flexibility index (Phi) is 9.11. The lowest BCUT2D eigenvalue weighted by Gasteiger charge is -2.20. The number of allylic oxidation sites excluding steroid dienone is 1. The molecule has 8 nitrogen and oxygen atoms in total. The summed E-state index contributed by atoms with van der Waals surface area (Å²) in [4.78, 5) is 24.9. The number of alkyl halides is 3. The average Bonchev–Trinajstić information content (AvgIpc) is 3.28. The summed E-state index contributed by atoms with van der Waals surface area (Å²) in [7, 11) is 1.72. The van der Waals surface area contributed by atoms with Gasteiger partial charge < -0.3 is 9.64 Å². The fourth-order valence-electron chi connectivity index (χ4n) is 4.06. The predicted octanol–water partition coefficient (Wildman–Crippen LogP) is 7.10. The normalized spacial score (nSPS) is 15.4. The molecular weight excluding hydrogens is 553 g/mol. The number of carbonyl (C=O) groups excluding carboxylic acids is 1. The van der Waals surface area contributed by atoms with Gasteiger partial charge in [0.1, 0.15) is 5.75 Å². The monoisotopic (exact) mass is 582 g/mol. The van der Waals surface area contributed by atoms with E-state index in [-0.39, 0.29) is 17.6 Å². The minimum Gasteiger partial charge on any atom is -0.406 e. The van der Waals surface area contributed by atoms with Crippen molar-refractivity contribution in [3.8, 4) is 5.75 Å². The number of halogens is 3. The second kappa shape index (κ2) is 12.5. The zero-order valence-electron chi connectivity index (χ0n) is 23.2. The molecule has 0 saturated carbocycles. The van der Waals surface area contributed by atoms with Crippen molar-refractivity contribution in [2.45, 2.75) is 40.0 Å². The minimum atomic E-state index is -4.75. The first-order valence-corrected chi connectivity index (χ1v) is 13.7.